The summed E-state index contributed by atoms with van der Waals surface area (Å²) in [6.45, 7) is 4.63. The van der Waals surface area contributed by atoms with Crippen LogP contribution in [0.4, 0.5) is 5.82 Å². The van der Waals surface area contributed by atoms with Gasteiger partial charge in [0.15, 0.2) is 0 Å². The van der Waals surface area contributed by atoms with Gasteiger partial charge < -0.3 is 15.8 Å². The van der Waals surface area contributed by atoms with Gasteiger partial charge in [0.1, 0.15) is 30.1 Å². The molecule has 0 radical (unpaired) electrons. The Hall–Kier alpha value is -4.24. The molecule has 9 heteroatoms. The molecule has 4 aromatic rings. The summed E-state index contributed by atoms with van der Waals surface area (Å²) in [6, 6.07) is 14.0. The molecule has 5 rings (SSSR count). The molecule has 184 valence electrons. The zero-order valence-corrected chi connectivity index (χ0v) is 20.3. The van der Waals surface area contributed by atoms with Crippen LogP contribution in [0.5, 0.6) is 5.75 Å². The zero-order valence-electron chi connectivity index (χ0n) is 20.3. The van der Waals surface area contributed by atoms with Crippen molar-refractivity contribution in [1.29, 1.82) is 0 Å². The third-order valence-corrected chi connectivity index (χ3v) is 6.25. The van der Waals surface area contributed by atoms with Crippen molar-refractivity contribution >= 4 is 23.3 Å². The summed E-state index contributed by atoms with van der Waals surface area (Å²) in [4.78, 5) is 19.8. The third kappa shape index (κ3) is 5.36. The van der Waals surface area contributed by atoms with Crippen LogP contribution in [0.2, 0.25) is 0 Å². The lowest BCUT2D eigenvalue weighted by Crippen LogP contribution is -2.39. The van der Waals surface area contributed by atoms with E-state index in [0.29, 0.717) is 13.2 Å². The van der Waals surface area contributed by atoms with Crippen molar-refractivity contribution in [3.63, 3.8) is 0 Å². The van der Waals surface area contributed by atoms with E-state index in [1.54, 1.807) is 25.8 Å². The van der Waals surface area contributed by atoms with Crippen molar-refractivity contribution in [3.8, 4) is 17.1 Å². The molecule has 1 aromatic carbocycles. The summed E-state index contributed by atoms with van der Waals surface area (Å²) in [5.74, 6) is 1.57. The molecule has 0 saturated carbocycles. The van der Waals surface area contributed by atoms with Crippen LogP contribution in [0, 0.1) is 0 Å². The maximum atomic E-state index is 5.92. The van der Waals surface area contributed by atoms with E-state index in [1.807, 2.05) is 47.1 Å². The van der Waals surface area contributed by atoms with Gasteiger partial charge in [-0.15, -0.1) is 0 Å². The lowest BCUT2D eigenvalue weighted by molar-refractivity contribution is 0.147. The van der Waals surface area contributed by atoms with E-state index < -0.39 is 0 Å². The van der Waals surface area contributed by atoms with Gasteiger partial charge in [0, 0.05) is 56.5 Å². The van der Waals surface area contributed by atoms with E-state index >= 15 is 0 Å². The SMILES string of the molecule is CN=CC(=CN)c1ccc(CNc2cc(-c3cnc4cc(OCCN5CCC5)ccn34)ncn2)cc1. The van der Waals surface area contributed by atoms with Crippen LogP contribution in [0.15, 0.2) is 72.4 Å². The highest BCUT2D eigenvalue weighted by Gasteiger charge is 2.13. The first kappa shape index (κ1) is 23.5. The summed E-state index contributed by atoms with van der Waals surface area (Å²) in [5.41, 5.74) is 11.2. The maximum absolute atomic E-state index is 5.92. The minimum absolute atomic E-state index is 0.631. The Kier molecular flexibility index (Phi) is 7.18. The Morgan fingerprint density at radius 1 is 1.14 bits per heavy atom. The molecular weight excluding hydrogens is 452 g/mol. The predicted molar refractivity (Wildman–Crippen MR) is 143 cm³/mol. The number of aliphatic imine (C=N–C) groups is 1. The lowest BCUT2D eigenvalue weighted by atomic mass is 10.1. The number of ether oxygens (including phenoxy) is 1. The van der Waals surface area contributed by atoms with Crippen molar-refractivity contribution in [2.24, 2.45) is 10.7 Å². The number of nitrogens with zero attached hydrogens (tertiary/aromatic N) is 6. The van der Waals surface area contributed by atoms with Gasteiger partial charge in [0.25, 0.3) is 0 Å². The fourth-order valence-electron chi connectivity index (χ4n) is 4.09. The van der Waals surface area contributed by atoms with Crippen molar-refractivity contribution in [3.05, 3.63) is 78.5 Å². The van der Waals surface area contributed by atoms with Gasteiger partial charge in [-0.1, -0.05) is 24.3 Å². The first-order chi connectivity index (χ1) is 17.7. The first-order valence-electron chi connectivity index (χ1n) is 12.1. The summed E-state index contributed by atoms with van der Waals surface area (Å²) in [5, 5.41) is 3.38. The third-order valence-electron chi connectivity index (χ3n) is 6.25. The van der Waals surface area contributed by atoms with E-state index in [-0.39, 0.29) is 0 Å². The van der Waals surface area contributed by atoms with Gasteiger partial charge in [-0.3, -0.25) is 14.3 Å². The summed E-state index contributed by atoms with van der Waals surface area (Å²) < 4.78 is 7.93. The highest BCUT2D eigenvalue weighted by atomic mass is 16.5. The maximum Gasteiger partial charge on any atom is 0.140 e. The molecule has 1 aliphatic rings. The number of nitrogens with one attached hydrogen (secondary N) is 1. The van der Waals surface area contributed by atoms with Crippen LogP contribution >= 0.6 is 0 Å². The van der Waals surface area contributed by atoms with E-state index in [0.717, 1.165) is 51.8 Å². The molecule has 0 aliphatic carbocycles. The van der Waals surface area contributed by atoms with Crippen LogP contribution in [-0.4, -0.2) is 63.8 Å². The van der Waals surface area contributed by atoms with Crippen LogP contribution in [0.1, 0.15) is 17.5 Å². The second-order valence-corrected chi connectivity index (χ2v) is 8.63. The highest BCUT2D eigenvalue weighted by Crippen LogP contribution is 2.23. The Morgan fingerprint density at radius 2 is 2.00 bits per heavy atom. The highest BCUT2D eigenvalue weighted by molar-refractivity contribution is 6.09. The number of aromatic nitrogens is 4. The van der Waals surface area contributed by atoms with Crippen molar-refractivity contribution in [2.75, 3.05) is 38.6 Å². The molecule has 3 aromatic heterocycles. The van der Waals surface area contributed by atoms with E-state index in [1.165, 1.54) is 19.5 Å². The minimum Gasteiger partial charge on any atom is -0.492 e. The number of rotatable bonds is 10. The molecule has 0 bridgehead atoms. The zero-order chi connectivity index (χ0) is 24.7. The molecule has 36 heavy (non-hydrogen) atoms. The Balaban J connectivity index is 1.24. The molecule has 9 nitrogen and oxygen atoms in total. The number of nitrogens with two attached hydrogens (primary N) is 1. The fraction of sp³-hybridized carbons (Fsp3) is 0.259. The van der Waals surface area contributed by atoms with Gasteiger partial charge >= 0.3 is 0 Å². The molecule has 0 atom stereocenters. The number of hydrogen-bond donors (Lipinski definition) is 2. The van der Waals surface area contributed by atoms with E-state index in [2.05, 4.69) is 42.3 Å². The van der Waals surface area contributed by atoms with Gasteiger partial charge in [-0.05, 0) is 36.7 Å². The lowest BCUT2D eigenvalue weighted by Gasteiger charge is -2.30. The van der Waals surface area contributed by atoms with Gasteiger partial charge in [-0.25, -0.2) is 15.0 Å². The van der Waals surface area contributed by atoms with Crippen LogP contribution in [-0.2, 0) is 6.54 Å². The summed E-state index contributed by atoms with van der Waals surface area (Å²) in [6.07, 6.45) is 9.96. The number of hydrogen-bond acceptors (Lipinski definition) is 8. The van der Waals surface area contributed by atoms with Gasteiger partial charge in [-0.2, -0.15) is 0 Å². The normalized spacial score (nSPS) is 14.3. The van der Waals surface area contributed by atoms with Crippen LogP contribution in [0.25, 0.3) is 22.6 Å². The largest absolute Gasteiger partial charge is 0.492 e. The molecule has 1 saturated heterocycles. The number of imidazole rings is 1. The molecule has 1 aliphatic heterocycles. The van der Waals surface area contributed by atoms with Crippen molar-refractivity contribution < 1.29 is 4.74 Å². The monoisotopic (exact) mass is 482 g/mol. The molecule has 0 spiro atoms. The van der Waals surface area contributed by atoms with Crippen LogP contribution < -0.4 is 15.8 Å². The second kappa shape index (κ2) is 11.0. The van der Waals surface area contributed by atoms with E-state index in [4.69, 9.17) is 10.5 Å². The van der Waals surface area contributed by atoms with Crippen LogP contribution in [0.3, 0.4) is 0 Å². The van der Waals surface area contributed by atoms with Gasteiger partial charge in [0.05, 0.1) is 17.6 Å². The Morgan fingerprint density at radius 3 is 2.75 bits per heavy atom. The molecule has 4 heterocycles. The quantitative estimate of drug-likeness (QED) is 0.333. The number of allylic oxidation sites excluding steroid dienone is 1. The minimum atomic E-state index is 0.631. The number of pyridine rings is 1. The Bertz CT molecular complexity index is 1370. The molecule has 1 fully saturated rings. The number of likely N-dealkylation sites (tertiary alicyclic amines) is 1. The second-order valence-electron chi connectivity index (χ2n) is 8.63. The van der Waals surface area contributed by atoms with Crippen molar-refractivity contribution in [2.45, 2.75) is 13.0 Å². The van der Waals surface area contributed by atoms with E-state index in [9.17, 15) is 0 Å². The Labute approximate surface area is 210 Å². The molecule has 0 amide bonds. The predicted octanol–water partition coefficient (Wildman–Crippen LogP) is 3.49. The topological polar surface area (TPSA) is 106 Å². The standard InChI is InChI=1S/C27H30N8O/c1-29-17-22(15-28)21-5-3-20(4-6-21)16-30-26-14-24(32-19-33-26)25-18-31-27-13-23(7-10-35(25)27)36-12-11-34-8-2-9-34/h3-7,10,13-15,17-19H,2,8-9,11-12,16,28H2,1H3,(H,30,32,33). The average molecular weight is 483 g/mol. The summed E-state index contributed by atoms with van der Waals surface area (Å²) >= 11 is 0. The average Bonchev–Trinajstić information content (AvgIpc) is 3.31. The number of anilines is 1. The van der Waals surface area contributed by atoms with Crippen molar-refractivity contribution in [1.82, 2.24) is 24.3 Å². The summed E-state index contributed by atoms with van der Waals surface area (Å²) in [7, 11) is 1.73. The van der Waals surface area contributed by atoms with Gasteiger partial charge in [0.2, 0.25) is 0 Å². The molecule has 3 N–H and O–H groups in total. The fourth-order valence-corrected chi connectivity index (χ4v) is 4.09. The number of benzene rings is 1. The smallest absolute Gasteiger partial charge is 0.140 e. The first-order valence-corrected chi connectivity index (χ1v) is 12.1. The molecular formula is C27H30N8O. The number of fused-ring (bicyclic) bond motifs is 1. The molecule has 0 unspecified atom stereocenters.